The summed E-state index contributed by atoms with van der Waals surface area (Å²) in [5.74, 6) is 1.66. The fourth-order valence-corrected chi connectivity index (χ4v) is 3.93. The van der Waals surface area contributed by atoms with Gasteiger partial charge in [-0.1, -0.05) is 99.3 Å². The number of hydrogen-bond acceptors (Lipinski definition) is 3. The molecule has 0 amide bonds. The van der Waals surface area contributed by atoms with Crippen LogP contribution in [0.2, 0.25) is 0 Å². The molecular weight excluding hydrogens is 350 g/mol. The van der Waals surface area contributed by atoms with Gasteiger partial charge in [0.2, 0.25) is 5.16 Å². The third-order valence-corrected chi connectivity index (χ3v) is 5.62. The first kappa shape index (κ1) is 17.8. The van der Waals surface area contributed by atoms with Crippen LogP contribution in [0.3, 0.4) is 0 Å². The number of fused-ring (bicyclic) bond motifs is 1. The Morgan fingerprint density at radius 2 is 1.63 bits per heavy atom. The van der Waals surface area contributed by atoms with Gasteiger partial charge < -0.3 is 0 Å². The van der Waals surface area contributed by atoms with Gasteiger partial charge in [0.05, 0.1) is 0 Å². The normalized spacial score (nSPS) is 11.8. The van der Waals surface area contributed by atoms with Gasteiger partial charge in [-0.05, 0) is 27.3 Å². The fourth-order valence-electron chi connectivity index (χ4n) is 3.13. The van der Waals surface area contributed by atoms with Gasteiger partial charge in [0, 0.05) is 11.3 Å². The van der Waals surface area contributed by atoms with Crippen LogP contribution in [-0.4, -0.2) is 15.2 Å². The van der Waals surface area contributed by atoms with E-state index in [1.807, 2.05) is 0 Å². The third kappa shape index (κ3) is 3.91. The molecule has 0 saturated heterocycles. The highest BCUT2D eigenvalue weighted by molar-refractivity contribution is 7.98. The Morgan fingerprint density at radius 1 is 0.889 bits per heavy atom. The van der Waals surface area contributed by atoms with Crippen molar-refractivity contribution < 1.29 is 0 Å². The van der Waals surface area contributed by atoms with Crippen molar-refractivity contribution >= 4 is 22.5 Å². The Labute approximate surface area is 164 Å². The Morgan fingerprint density at radius 3 is 2.41 bits per heavy atom. The summed E-state index contributed by atoms with van der Waals surface area (Å²) in [6.45, 7) is 6.66. The van der Waals surface area contributed by atoms with Gasteiger partial charge in [-0.25, -0.2) is 4.98 Å². The molecule has 0 saturated carbocycles. The van der Waals surface area contributed by atoms with E-state index in [-0.39, 0.29) is 5.41 Å². The molecule has 0 aliphatic rings. The van der Waals surface area contributed by atoms with Crippen LogP contribution in [0.5, 0.6) is 0 Å². The maximum absolute atomic E-state index is 4.66. The first-order valence-corrected chi connectivity index (χ1v) is 10.1. The molecule has 0 radical (unpaired) electrons. The number of rotatable bonds is 4. The summed E-state index contributed by atoms with van der Waals surface area (Å²) in [6.07, 6.45) is 0. The van der Waals surface area contributed by atoms with Gasteiger partial charge in [-0.3, -0.25) is 5.10 Å². The van der Waals surface area contributed by atoms with Crippen LogP contribution in [0.4, 0.5) is 0 Å². The number of benzene rings is 3. The van der Waals surface area contributed by atoms with E-state index in [2.05, 4.69) is 103 Å². The van der Waals surface area contributed by atoms with Crippen molar-refractivity contribution in [2.45, 2.75) is 37.1 Å². The van der Waals surface area contributed by atoms with Crippen LogP contribution in [0.25, 0.3) is 22.2 Å². The minimum atomic E-state index is 0.152. The van der Waals surface area contributed by atoms with E-state index < -0.39 is 0 Å². The molecule has 1 aromatic heterocycles. The lowest BCUT2D eigenvalue weighted by Gasteiger charge is -2.18. The quantitative estimate of drug-likeness (QED) is 0.432. The van der Waals surface area contributed by atoms with Gasteiger partial charge in [-0.2, -0.15) is 0 Å². The van der Waals surface area contributed by atoms with E-state index in [1.165, 1.54) is 21.9 Å². The molecule has 4 aromatic rings. The Kier molecular flexibility index (Phi) is 4.75. The van der Waals surface area contributed by atoms with Crippen molar-refractivity contribution in [3.63, 3.8) is 0 Å². The molecule has 0 aliphatic heterocycles. The predicted molar refractivity (Wildman–Crippen MR) is 114 cm³/mol. The van der Waals surface area contributed by atoms with Crippen molar-refractivity contribution in [2.75, 3.05) is 0 Å². The average molecular weight is 374 g/mol. The van der Waals surface area contributed by atoms with E-state index in [4.69, 9.17) is 0 Å². The minimum Gasteiger partial charge on any atom is -0.258 e. The first-order valence-electron chi connectivity index (χ1n) is 9.13. The molecule has 0 fully saturated rings. The van der Waals surface area contributed by atoms with E-state index in [0.29, 0.717) is 0 Å². The molecule has 0 bridgehead atoms. The highest BCUT2D eigenvalue weighted by atomic mass is 32.2. The summed E-state index contributed by atoms with van der Waals surface area (Å²) in [6, 6.07) is 23.5. The van der Waals surface area contributed by atoms with E-state index in [0.717, 1.165) is 22.3 Å². The zero-order valence-electron chi connectivity index (χ0n) is 15.9. The topological polar surface area (TPSA) is 41.6 Å². The van der Waals surface area contributed by atoms with Crippen molar-refractivity contribution in [2.24, 2.45) is 0 Å². The molecule has 0 unspecified atom stereocenters. The summed E-state index contributed by atoms with van der Waals surface area (Å²) in [5, 5.41) is 10.8. The molecule has 1 N–H and O–H groups in total. The van der Waals surface area contributed by atoms with Gasteiger partial charge in [0.25, 0.3) is 0 Å². The maximum atomic E-state index is 4.66. The van der Waals surface area contributed by atoms with Crippen molar-refractivity contribution in [3.05, 3.63) is 77.9 Å². The second-order valence-electron chi connectivity index (χ2n) is 7.72. The largest absolute Gasteiger partial charge is 0.258 e. The Balaban J connectivity index is 1.50. The van der Waals surface area contributed by atoms with E-state index in [9.17, 15) is 0 Å². The number of aromatic amines is 1. The SMILES string of the molecule is CC(C)(C)c1ccc(-c2nc(SCc3cccc4ccccc34)n[nH]2)cc1. The van der Waals surface area contributed by atoms with Crippen LogP contribution in [0.15, 0.2) is 71.9 Å². The molecule has 1 heterocycles. The number of nitrogens with zero attached hydrogens (tertiary/aromatic N) is 2. The summed E-state index contributed by atoms with van der Waals surface area (Å²) in [4.78, 5) is 4.66. The molecule has 3 nitrogen and oxygen atoms in total. The molecular formula is C23H23N3S. The minimum absolute atomic E-state index is 0.152. The molecule has 4 rings (SSSR count). The van der Waals surface area contributed by atoms with Crippen molar-refractivity contribution in [3.8, 4) is 11.4 Å². The molecule has 0 atom stereocenters. The highest BCUT2D eigenvalue weighted by Gasteiger charge is 2.14. The third-order valence-electron chi connectivity index (χ3n) is 4.73. The molecule has 3 aromatic carbocycles. The number of aromatic nitrogens is 3. The van der Waals surface area contributed by atoms with Gasteiger partial charge in [-0.15, -0.1) is 5.10 Å². The number of hydrogen-bond donors (Lipinski definition) is 1. The van der Waals surface area contributed by atoms with Crippen LogP contribution < -0.4 is 0 Å². The lowest BCUT2D eigenvalue weighted by molar-refractivity contribution is 0.590. The van der Waals surface area contributed by atoms with Crippen molar-refractivity contribution in [1.82, 2.24) is 15.2 Å². The molecule has 136 valence electrons. The second kappa shape index (κ2) is 7.20. The fraction of sp³-hybridized carbons (Fsp3) is 0.217. The Bertz CT molecular complexity index is 1050. The van der Waals surface area contributed by atoms with Crippen LogP contribution >= 0.6 is 11.8 Å². The number of thioether (sulfide) groups is 1. The lowest BCUT2D eigenvalue weighted by atomic mass is 9.87. The maximum Gasteiger partial charge on any atom is 0.209 e. The van der Waals surface area contributed by atoms with E-state index >= 15 is 0 Å². The second-order valence-corrected chi connectivity index (χ2v) is 8.66. The van der Waals surface area contributed by atoms with Crippen LogP contribution in [0.1, 0.15) is 31.9 Å². The average Bonchev–Trinajstić information content (AvgIpc) is 3.15. The van der Waals surface area contributed by atoms with E-state index in [1.54, 1.807) is 11.8 Å². The summed E-state index contributed by atoms with van der Waals surface area (Å²) < 4.78 is 0. The van der Waals surface area contributed by atoms with Gasteiger partial charge >= 0.3 is 0 Å². The van der Waals surface area contributed by atoms with Gasteiger partial charge in [0.1, 0.15) is 0 Å². The van der Waals surface area contributed by atoms with Gasteiger partial charge in [0.15, 0.2) is 5.82 Å². The molecule has 27 heavy (non-hydrogen) atoms. The number of H-pyrrole nitrogens is 1. The molecule has 4 heteroatoms. The van der Waals surface area contributed by atoms with Crippen LogP contribution in [-0.2, 0) is 11.2 Å². The zero-order valence-corrected chi connectivity index (χ0v) is 16.7. The molecule has 0 spiro atoms. The lowest BCUT2D eigenvalue weighted by Crippen LogP contribution is -2.10. The predicted octanol–water partition coefficient (Wildman–Crippen LogP) is 6.21. The summed E-state index contributed by atoms with van der Waals surface area (Å²) >= 11 is 1.66. The molecule has 0 aliphatic carbocycles. The Hall–Kier alpha value is -2.59. The van der Waals surface area contributed by atoms with Crippen molar-refractivity contribution in [1.29, 1.82) is 0 Å². The highest BCUT2D eigenvalue weighted by Crippen LogP contribution is 2.28. The monoisotopic (exact) mass is 373 g/mol. The van der Waals surface area contributed by atoms with Crippen LogP contribution in [0, 0.1) is 0 Å². The zero-order chi connectivity index (χ0) is 18.9. The first-order chi connectivity index (χ1) is 13.0. The standard InChI is InChI=1S/C23H23N3S/c1-23(2,3)19-13-11-17(12-14-19)21-24-22(26-25-21)27-15-18-9-6-8-16-7-4-5-10-20(16)18/h4-14H,15H2,1-3H3,(H,24,25,26). The number of nitrogens with one attached hydrogen (secondary N) is 1. The summed E-state index contributed by atoms with van der Waals surface area (Å²) in [5.41, 5.74) is 3.84. The smallest absolute Gasteiger partial charge is 0.209 e. The summed E-state index contributed by atoms with van der Waals surface area (Å²) in [7, 11) is 0.